The monoisotopic (exact) mass is 181 g/mol. The summed E-state index contributed by atoms with van der Waals surface area (Å²) < 4.78 is 0.939. The zero-order valence-electron chi connectivity index (χ0n) is 7.85. The van der Waals surface area contributed by atoms with Crippen LogP contribution >= 0.6 is 12.2 Å². The number of aromatic nitrogens is 1. The van der Waals surface area contributed by atoms with E-state index < -0.39 is 0 Å². The first-order valence-electron chi connectivity index (χ1n) is 4.36. The molecule has 0 aromatic carbocycles. The van der Waals surface area contributed by atoms with E-state index >= 15 is 0 Å². The fourth-order valence-corrected chi connectivity index (χ4v) is 1.39. The number of aromatic amines is 1. The molecule has 0 atom stereocenters. The molecule has 1 N–H and O–H groups in total. The number of rotatable bonds is 2. The fourth-order valence-electron chi connectivity index (χ4n) is 1.13. The Hall–Kier alpha value is -0.630. The van der Waals surface area contributed by atoms with E-state index in [1.165, 1.54) is 11.4 Å². The molecule has 1 aromatic heterocycles. The lowest BCUT2D eigenvalue weighted by molar-refractivity contribution is 0.806. The summed E-state index contributed by atoms with van der Waals surface area (Å²) in [6.45, 7) is 6.46. The van der Waals surface area contributed by atoms with Crippen LogP contribution in [0.5, 0.6) is 0 Å². The van der Waals surface area contributed by atoms with Crippen LogP contribution in [0.1, 0.15) is 38.1 Å². The molecule has 12 heavy (non-hydrogen) atoms. The first-order chi connectivity index (χ1) is 5.63. The van der Waals surface area contributed by atoms with Gasteiger partial charge in [-0.2, -0.15) is 0 Å². The summed E-state index contributed by atoms with van der Waals surface area (Å²) in [7, 11) is 0. The van der Waals surface area contributed by atoms with Crippen LogP contribution in [0, 0.1) is 4.51 Å². The fraction of sp³-hybridized carbons (Fsp3) is 0.500. The molecule has 0 bridgehead atoms. The van der Waals surface area contributed by atoms with E-state index in [1.807, 2.05) is 12.1 Å². The van der Waals surface area contributed by atoms with Crippen LogP contribution in [-0.2, 0) is 6.42 Å². The molecule has 1 aromatic rings. The largest absolute Gasteiger partial charge is 0.362 e. The predicted molar refractivity (Wildman–Crippen MR) is 55.1 cm³/mol. The molecule has 66 valence electrons. The van der Waals surface area contributed by atoms with Crippen LogP contribution < -0.4 is 0 Å². The molecule has 0 spiro atoms. The van der Waals surface area contributed by atoms with Crippen molar-refractivity contribution in [2.24, 2.45) is 0 Å². The van der Waals surface area contributed by atoms with Crippen molar-refractivity contribution < 1.29 is 0 Å². The van der Waals surface area contributed by atoms with E-state index in [1.54, 1.807) is 0 Å². The first-order valence-corrected chi connectivity index (χ1v) is 4.77. The van der Waals surface area contributed by atoms with Gasteiger partial charge in [-0.1, -0.05) is 33.0 Å². The molecule has 1 heterocycles. The van der Waals surface area contributed by atoms with Crippen molar-refractivity contribution in [3.63, 3.8) is 0 Å². The van der Waals surface area contributed by atoms with Gasteiger partial charge in [0.25, 0.3) is 0 Å². The SMILES string of the molecule is CCc1cc(=S)cc(C(C)C)[nH]1. The van der Waals surface area contributed by atoms with E-state index in [4.69, 9.17) is 12.2 Å². The van der Waals surface area contributed by atoms with Crippen molar-refractivity contribution in [2.75, 3.05) is 0 Å². The second-order valence-electron chi connectivity index (χ2n) is 3.30. The van der Waals surface area contributed by atoms with Gasteiger partial charge in [0.05, 0.1) is 0 Å². The minimum Gasteiger partial charge on any atom is -0.362 e. The molecule has 0 aliphatic heterocycles. The standard InChI is InChI=1S/C10H15NS/c1-4-8-5-9(12)6-10(11-8)7(2)3/h5-7H,4H2,1-3H3,(H,11,12). The Labute approximate surface area is 78.8 Å². The van der Waals surface area contributed by atoms with Crippen LogP contribution in [0.25, 0.3) is 0 Å². The lowest BCUT2D eigenvalue weighted by atomic mass is 10.1. The molecule has 0 aliphatic rings. The van der Waals surface area contributed by atoms with Gasteiger partial charge >= 0.3 is 0 Å². The van der Waals surface area contributed by atoms with E-state index in [0.29, 0.717) is 5.92 Å². The lowest BCUT2D eigenvalue weighted by Gasteiger charge is -2.07. The van der Waals surface area contributed by atoms with Gasteiger partial charge in [-0.25, -0.2) is 0 Å². The van der Waals surface area contributed by atoms with Gasteiger partial charge in [0, 0.05) is 15.9 Å². The van der Waals surface area contributed by atoms with Gasteiger partial charge in [-0.05, 0) is 24.5 Å². The molecule has 0 saturated heterocycles. The third-order valence-electron chi connectivity index (χ3n) is 1.92. The number of hydrogen-bond acceptors (Lipinski definition) is 1. The molecular weight excluding hydrogens is 166 g/mol. The van der Waals surface area contributed by atoms with Crippen LogP contribution in [0.15, 0.2) is 12.1 Å². The Kier molecular flexibility index (Phi) is 3.04. The molecule has 0 unspecified atom stereocenters. The molecule has 1 rings (SSSR count). The summed E-state index contributed by atoms with van der Waals surface area (Å²) in [6, 6.07) is 4.07. The van der Waals surface area contributed by atoms with E-state index in [2.05, 4.69) is 25.8 Å². The number of nitrogens with one attached hydrogen (secondary N) is 1. The van der Waals surface area contributed by atoms with Gasteiger partial charge in [0.15, 0.2) is 0 Å². The number of pyridine rings is 1. The second kappa shape index (κ2) is 3.85. The van der Waals surface area contributed by atoms with Crippen molar-refractivity contribution in [2.45, 2.75) is 33.1 Å². The van der Waals surface area contributed by atoms with E-state index in [0.717, 1.165) is 10.9 Å². The summed E-state index contributed by atoms with van der Waals surface area (Å²) in [5.41, 5.74) is 2.46. The van der Waals surface area contributed by atoms with Crippen molar-refractivity contribution in [1.82, 2.24) is 4.98 Å². The maximum atomic E-state index is 5.15. The topological polar surface area (TPSA) is 15.8 Å². The molecule has 2 heteroatoms. The lowest BCUT2D eigenvalue weighted by Crippen LogP contribution is -1.96. The third kappa shape index (κ3) is 2.18. The second-order valence-corrected chi connectivity index (χ2v) is 3.78. The van der Waals surface area contributed by atoms with Gasteiger partial charge in [0.1, 0.15) is 0 Å². The molecule has 0 aliphatic carbocycles. The van der Waals surface area contributed by atoms with Gasteiger partial charge in [-0.15, -0.1) is 0 Å². The van der Waals surface area contributed by atoms with Crippen LogP contribution in [0.4, 0.5) is 0 Å². The summed E-state index contributed by atoms with van der Waals surface area (Å²) in [4.78, 5) is 3.37. The Bertz CT molecular complexity index is 312. The van der Waals surface area contributed by atoms with E-state index in [9.17, 15) is 0 Å². The predicted octanol–water partition coefficient (Wildman–Crippen LogP) is 3.43. The third-order valence-corrected chi connectivity index (χ3v) is 2.16. The van der Waals surface area contributed by atoms with Crippen molar-refractivity contribution in [3.05, 3.63) is 28.0 Å². The summed E-state index contributed by atoms with van der Waals surface area (Å²) >= 11 is 5.15. The Morgan fingerprint density at radius 3 is 2.58 bits per heavy atom. The quantitative estimate of drug-likeness (QED) is 0.691. The Balaban J connectivity index is 3.15. The Morgan fingerprint density at radius 2 is 2.08 bits per heavy atom. The molecule has 0 saturated carbocycles. The maximum Gasteiger partial charge on any atom is 0.0411 e. The molecule has 0 radical (unpaired) electrons. The zero-order chi connectivity index (χ0) is 9.14. The number of hydrogen-bond donors (Lipinski definition) is 1. The van der Waals surface area contributed by atoms with Gasteiger partial charge in [-0.3, -0.25) is 0 Å². The molecule has 1 nitrogen and oxygen atoms in total. The van der Waals surface area contributed by atoms with Crippen molar-refractivity contribution in [1.29, 1.82) is 0 Å². The highest BCUT2D eigenvalue weighted by Gasteiger charge is 1.99. The smallest absolute Gasteiger partial charge is 0.0411 e. The highest BCUT2D eigenvalue weighted by atomic mass is 32.1. The minimum absolute atomic E-state index is 0.526. The van der Waals surface area contributed by atoms with E-state index in [-0.39, 0.29) is 0 Å². The zero-order valence-corrected chi connectivity index (χ0v) is 8.66. The van der Waals surface area contributed by atoms with Crippen molar-refractivity contribution in [3.8, 4) is 0 Å². The highest BCUT2D eigenvalue weighted by molar-refractivity contribution is 7.71. The number of aryl methyl sites for hydroxylation is 1. The average Bonchev–Trinajstić information content (AvgIpc) is 2.03. The number of H-pyrrole nitrogens is 1. The molecule has 0 fully saturated rings. The summed E-state index contributed by atoms with van der Waals surface area (Å²) in [5.74, 6) is 0.526. The highest BCUT2D eigenvalue weighted by Crippen LogP contribution is 2.12. The summed E-state index contributed by atoms with van der Waals surface area (Å²) in [5, 5.41) is 0. The van der Waals surface area contributed by atoms with Crippen LogP contribution in [-0.4, -0.2) is 4.98 Å². The van der Waals surface area contributed by atoms with Gasteiger partial charge in [0.2, 0.25) is 0 Å². The van der Waals surface area contributed by atoms with Crippen LogP contribution in [0.2, 0.25) is 0 Å². The van der Waals surface area contributed by atoms with Crippen molar-refractivity contribution >= 4 is 12.2 Å². The molecular formula is C10H15NS. The maximum absolute atomic E-state index is 5.15. The summed E-state index contributed by atoms with van der Waals surface area (Å²) in [6.07, 6.45) is 1.02. The average molecular weight is 181 g/mol. The minimum atomic E-state index is 0.526. The normalized spacial score (nSPS) is 10.7. The van der Waals surface area contributed by atoms with Gasteiger partial charge < -0.3 is 4.98 Å². The van der Waals surface area contributed by atoms with Crippen LogP contribution in [0.3, 0.4) is 0 Å². The first kappa shape index (κ1) is 9.46. The molecule has 0 amide bonds. The Morgan fingerprint density at radius 1 is 1.42 bits per heavy atom.